The minimum Gasteiger partial charge on any atom is -0.308 e. The smallest absolute Gasteiger partial charge is 0.107 e. The number of thiazole rings is 1. The summed E-state index contributed by atoms with van der Waals surface area (Å²) in [5, 5.41) is 4.79. The molecular formula is C15H16N2S. The van der Waals surface area contributed by atoms with Gasteiger partial charge < -0.3 is 5.32 Å². The first kappa shape index (κ1) is 10.7. The number of hydrogen-bond acceptors (Lipinski definition) is 3. The Morgan fingerprint density at radius 3 is 3.11 bits per heavy atom. The molecule has 0 saturated heterocycles. The van der Waals surface area contributed by atoms with E-state index in [-0.39, 0.29) is 0 Å². The van der Waals surface area contributed by atoms with Crippen LogP contribution in [0.4, 0.5) is 0 Å². The van der Waals surface area contributed by atoms with Crippen LogP contribution in [0.5, 0.6) is 0 Å². The van der Waals surface area contributed by atoms with Crippen molar-refractivity contribution in [2.24, 2.45) is 0 Å². The van der Waals surface area contributed by atoms with Crippen LogP contribution in [0, 0.1) is 6.92 Å². The van der Waals surface area contributed by atoms with Gasteiger partial charge in [-0.25, -0.2) is 4.98 Å². The summed E-state index contributed by atoms with van der Waals surface area (Å²) in [5.41, 5.74) is 5.37. The fourth-order valence-corrected chi connectivity index (χ4v) is 3.62. The monoisotopic (exact) mass is 256 g/mol. The van der Waals surface area contributed by atoms with Crippen molar-refractivity contribution in [2.45, 2.75) is 38.8 Å². The van der Waals surface area contributed by atoms with E-state index in [0.29, 0.717) is 0 Å². The zero-order valence-corrected chi connectivity index (χ0v) is 11.3. The Morgan fingerprint density at radius 1 is 1.39 bits per heavy atom. The Morgan fingerprint density at radius 2 is 2.28 bits per heavy atom. The Kier molecular flexibility index (Phi) is 2.32. The lowest BCUT2D eigenvalue weighted by molar-refractivity contribution is 0.685. The summed E-state index contributed by atoms with van der Waals surface area (Å²) in [4.78, 5) is 6.28. The van der Waals surface area contributed by atoms with Gasteiger partial charge in [0, 0.05) is 29.4 Å². The number of hydrogen-bond donors (Lipinski definition) is 1. The van der Waals surface area contributed by atoms with E-state index in [4.69, 9.17) is 4.98 Å². The molecule has 18 heavy (non-hydrogen) atoms. The first-order valence-corrected chi connectivity index (χ1v) is 7.43. The largest absolute Gasteiger partial charge is 0.308 e. The summed E-state index contributed by atoms with van der Waals surface area (Å²) in [6, 6.07) is 7.49. The van der Waals surface area contributed by atoms with Crippen molar-refractivity contribution in [1.29, 1.82) is 0 Å². The fraction of sp³-hybridized carbons (Fsp3) is 0.400. The lowest BCUT2D eigenvalue weighted by Crippen LogP contribution is -2.14. The number of fused-ring (bicyclic) bond motifs is 3. The Labute approximate surface area is 111 Å². The Balaban J connectivity index is 1.64. The fourth-order valence-electron chi connectivity index (χ4n) is 2.56. The van der Waals surface area contributed by atoms with Crippen molar-refractivity contribution in [2.75, 3.05) is 0 Å². The van der Waals surface area contributed by atoms with Gasteiger partial charge in [0.2, 0.25) is 0 Å². The second kappa shape index (κ2) is 3.90. The number of benzene rings is 1. The maximum atomic E-state index is 4.83. The molecule has 2 aliphatic rings. The molecular weight excluding hydrogens is 240 g/mol. The average Bonchev–Trinajstić information content (AvgIpc) is 3.01. The molecule has 1 N–H and O–H groups in total. The molecule has 1 aromatic heterocycles. The van der Waals surface area contributed by atoms with Crippen molar-refractivity contribution < 1.29 is 0 Å². The Bertz CT molecular complexity index is 611. The molecule has 0 aliphatic heterocycles. The van der Waals surface area contributed by atoms with Gasteiger partial charge in [-0.05, 0) is 31.4 Å². The van der Waals surface area contributed by atoms with Crippen LogP contribution in [0.3, 0.4) is 0 Å². The van der Waals surface area contributed by atoms with Crippen LogP contribution < -0.4 is 5.32 Å². The molecule has 1 saturated carbocycles. The van der Waals surface area contributed by atoms with E-state index in [1.165, 1.54) is 45.1 Å². The summed E-state index contributed by atoms with van der Waals surface area (Å²) in [5.74, 6) is 0. The minimum atomic E-state index is 0.762. The number of nitrogens with zero attached hydrogens (tertiary/aromatic N) is 1. The van der Waals surface area contributed by atoms with Crippen molar-refractivity contribution in [3.05, 3.63) is 39.2 Å². The molecule has 0 amide bonds. The zero-order valence-electron chi connectivity index (χ0n) is 10.5. The second-order valence-electron chi connectivity index (χ2n) is 5.37. The summed E-state index contributed by atoms with van der Waals surface area (Å²) >= 11 is 1.88. The molecule has 1 heterocycles. The van der Waals surface area contributed by atoms with Gasteiger partial charge in [-0.3, -0.25) is 0 Å². The van der Waals surface area contributed by atoms with Crippen LogP contribution in [0.2, 0.25) is 0 Å². The van der Waals surface area contributed by atoms with Crippen LogP contribution in [0.15, 0.2) is 18.2 Å². The molecule has 0 bridgehead atoms. The quantitative estimate of drug-likeness (QED) is 0.778. The highest BCUT2D eigenvalue weighted by molar-refractivity contribution is 7.12. The minimum absolute atomic E-state index is 0.762. The third-order valence-corrected chi connectivity index (χ3v) is 4.79. The number of rotatable bonds is 3. The van der Waals surface area contributed by atoms with Crippen LogP contribution >= 0.6 is 11.3 Å². The lowest BCUT2D eigenvalue weighted by Gasteiger charge is -2.01. The Hall–Kier alpha value is -1.19. The van der Waals surface area contributed by atoms with Gasteiger partial charge >= 0.3 is 0 Å². The first-order chi connectivity index (χ1) is 8.79. The second-order valence-corrected chi connectivity index (χ2v) is 6.54. The third kappa shape index (κ3) is 1.78. The van der Waals surface area contributed by atoms with Crippen LogP contribution in [0.1, 0.15) is 33.9 Å². The molecule has 0 spiro atoms. The lowest BCUT2D eigenvalue weighted by atomic mass is 10.1. The molecule has 92 valence electrons. The van der Waals surface area contributed by atoms with E-state index in [0.717, 1.165) is 19.0 Å². The average molecular weight is 256 g/mol. The number of aryl methyl sites for hydroxylation is 1. The summed E-state index contributed by atoms with van der Waals surface area (Å²) in [6.07, 6.45) is 3.76. The molecule has 1 aromatic carbocycles. The molecule has 4 rings (SSSR count). The molecule has 0 radical (unpaired) electrons. The highest BCUT2D eigenvalue weighted by Gasteiger charge is 2.24. The zero-order chi connectivity index (χ0) is 12.1. The van der Waals surface area contributed by atoms with E-state index < -0.39 is 0 Å². The maximum Gasteiger partial charge on any atom is 0.107 e. The summed E-state index contributed by atoms with van der Waals surface area (Å²) in [6.45, 7) is 3.10. The van der Waals surface area contributed by atoms with E-state index >= 15 is 0 Å². The third-order valence-electron chi connectivity index (χ3n) is 3.73. The van der Waals surface area contributed by atoms with Crippen LogP contribution in [-0.4, -0.2) is 11.0 Å². The summed E-state index contributed by atoms with van der Waals surface area (Å²) < 4.78 is 0. The predicted molar refractivity (Wildman–Crippen MR) is 75.0 cm³/mol. The standard InChI is InChI=1S/C15H16N2S/c1-9-2-3-10-7-13-15(12(10)6-9)17-14(18-13)8-16-11-4-5-11/h2-3,6,11,16H,4-5,7-8H2,1H3. The van der Waals surface area contributed by atoms with Gasteiger partial charge in [-0.1, -0.05) is 17.7 Å². The normalized spacial score (nSPS) is 16.7. The van der Waals surface area contributed by atoms with Crippen LogP contribution in [-0.2, 0) is 13.0 Å². The molecule has 0 atom stereocenters. The molecule has 2 aromatic rings. The molecule has 3 heteroatoms. The van der Waals surface area contributed by atoms with E-state index in [1.54, 1.807) is 0 Å². The van der Waals surface area contributed by atoms with Gasteiger partial charge in [0.1, 0.15) is 5.01 Å². The van der Waals surface area contributed by atoms with Crippen molar-refractivity contribution >= 4 is 11.3 Å². The van der Waals surface area contributed by atoms with Crippen LogP contribution in [0.25, 0.3) is 11.3 Å². The van der Waals surface area contributed by atoms with E-state index in [1.807, 2.05) is 11.3 Å². The highest BCUT2D eigenvalue weighted by atomic mass is 32.1. The van der Waals surface area contributed by atoms with Crippen molar-refractivity contribution in [3.8, 4) is 11.3 Å². The molecule has 2 aliphatic carbocycles. The SMILES string of the molecule is Cc1ccc2c(c1)-c1nc(CNC3CC3)sc1C2. The first-order valence-electron chi connectivity index (χ1n) is 6.61. The van der Waals surface area contributed by atoms with Gasteiger partial charge in [-0.15, -0.1) is 11.3 Å². The topological polar surface area (TPSA) is 24.9 Å². The van der Waals surface area contributed by atoms with E-state index in [2.05, 4.69) is 30.4 Å². The van der Waals surface area contributed by atoms with Gasteiger partial charge in [-0.2, -0.15) is 0 Å². The number of nitrogens with one attached hydrogen (secondary N) is 1. The van der Waals surface area contributed by atoms with Gasteiger partial charge in [0.25, 0.3) is 0 Å². The predicted octanol–water partition coefficient (Wildman–Crippen LogP) is 3.27. The van der Waals surface area contributed by atoms with Gasteiger partial charge in [0.15, 0.2) is 0 Å². The number of aromatic nitrogens is 1. The summed E-state index contributed by atoms with van der Waals surface area (Å²) in [7, 11) is 0. The van der Waals surface area contributed by atoms with Crippen molar-refractivity contribution in [3.63, 3.8) is 0 Å². The van der Waals surface area contributed by atoms with Gasteiger partial charge in [0.05, 0.1) is 5.69 Å². The van der Waals surface area contributed by atoms with E-state index in [9.17, 15) is 0 Å². The molecule has 0 unspecified atom stereocenters. The molecule has 2 nitrogen and oxygen atoms in total. The molecule has 1 fully saturated rings. The maximum absolute atomic E-state index is 4.83. The highest BCUT2D eigenvalue weighted by Crippen LogP contribution is 2.39. The van der Waals surface area contributed by atoms with Crippen molar-refractivity contribution in [1.82, 2.24) is 10.3 Å².